The molecule has 29 heavy (non-hydrogen) atoms. The fraction of sp³-hybridized carbons (Fsp3) is 0.400. The molecular formula is C20H26N2O5S2. The topological polar surface area (TPSA) is 92.8 Å². The van der Waals surface area contributed by atoms with Crippen molar-refractivity contribution < 1.29 is 21.6 Å². The molecule has 0 fully saturated rings. The number of ether oxygens (including phenoxy) is 1. The van der Waals surface area contributed by atoms with E-state index >= 15 is 0 Å². The molecule has 7 nitrogen and oxygen atoms in total. The molecule has 0 saturated heterocycles. The lowest BCUT2D eigenvalue weighted by atomic mass is 10.0. The summed E-state index contributed by atoms with van der Waals surface area (Å²) >= 11 is 0. The standard InChI is InChI=1S/C20H26N2O5S2/c1-3-13-27-19-7-9-20(10-8-19)29(25,26)21-18-6-5-16-11-12-22(15-17(16)14-18)28(23,24)4-2/h5-10,14,21H,3-4,11-13,15H2,1-2H3. The van der Waals surface area contributed by atoms with Crippen molar-refractivity contribution in [2.45, 2.75) is 38.1 Å². The van der Waals surface area contributed by atoms with Crippen LogP contribution < -0.4 is 9.46 Å². The number of hydrogen-bond donors (Lipinski definition) is 1. The number of hydrogen-bond acceptors (Lipinski definition) is 5. The Morgan fingerprint density at radius 3 is 2.38 bits per heavy atom. The van der Waals surface area contributed by atoms with E-state index in [1.165, 1.54) is 16.4 Å². The minimum atomic E-state index is -3.76. The first-order chi connectivity index (χ1) is 13.7. The SMILES string of the molecule is CCCOc1ccc(S(=O)(=O)Nc2ccc3c(c2)CN(S(=O)(=O)CC)CC3)cc1. The lowest BCUT2D eigenvalue weighted by Crippen LogP contribution is -2.36. The highest BCUT2D eigenvalue weighted by Gasteiger charge is 2.25. The molecule has 2 aromatic carbocycles. The zero-order valence-corrected chi connectivity index (χ0v) is 18.2. The Kier molecular flexibility index (Phi) is 6.50. The van der Waals surface area contributed by atoms with Crippen molar-refractivity contribution in [3.63, 3.8) is 0 Å². The molecule has 3 rings (SSSR count). The summed E-state index contributed by atoms with van der Waals surface area (Å²) in [6.07, 6.45) is 1.48. The Morgan fingerprint density at radius 1 is 1.00 bits per heavy atom. The van der Waals surface area contributed by atoms with E-state index < -0.39 is 20.0 Å². The normalized spacial score (nSPS) is 15.0. The van der Waals surface area contributed by atoms with Gasteiger partial charge in [0, 0.05) is 18.8 Å². The highest BCUT2D eigenvalue weighted by molar-refractivity contribution is 7.92. The Hall–Kier alpha value is -2.10. The van der Waals surface area contributed by atoms with Crippen LogP contribution in [0.15, 0.2) is 47.4 Å². The average Bonchev–Trinajstić information content (AvgIpc) is 2.71. The lowest BCUT2D eigenvalue weighted by molar-refractivity contribution is 0.317. The Bertz CT molecular complexity index is 1060. The van der Waals surface area contributed by atoms with Gasteiger partial charge in [-0.3, -0.25) is 4.72 Å². The van der Waals surface area contributed by atoms with Gasteiger partial charge in [0.05, 0.1) is 17.3 Å². The highest BCUT2D eigenvalue weighted by Crippen LogP contribution is 2.26. The molecular weight excluding hydrogens is 412 g/mol. The van der Waals surface area contributed by atoms with E-state index in [0.29, 0.717) is 31.0 Å². The maximum atomic E-state index is 12.7. The zero-order valence-electron chi connectivity index (χ0n) is 16.6. The summed E-state index contributed by atoms with van der Waals surface area (Å²) in [6, 6.07) is 11.5. The summed E-state index contributed by atoms with van der Waals surface area (Å²) in [4.78, 5) is 0.134. The molecule has 1 aliphatic rings. The van der Waals surface area contributed by atoms with Crippen LogP contribution in [-0.4, -0.2) is 40.0 Å². The van der Waals surface area contributed by atoms with Gasteiger partial charge in [-0.2, -0.15) is 4.31 Å². The van der Waals surface area contributed by atoms with Gasteiger partial charge < -0.3 is 4.74 Å². The highest BCUT2D eigenvalue weighted by atomic mass is 32.2. The number of fused-ring (bicyclic) bond motifs is 1. The molecule has 0 spiro atoms. The van der Waals surface area contributed by atoms with Gasteiger partial charge in [0.1, 0.15) is 5.75 Å². The number of benzene rings is 2. The molecule has 1 heterocycles. The van der Waals surface area contributed by atoms with Gasteiger partial charge in [-0.25, -0.2) is 16.8 Å². The fourth-order valence-electron chi connectivity index (χ4n) is 3.16. The zero-order chi connectivity index (χ0) is 21.1. The molecule has 0 aromatic heterocycles. The second kappa shape index (κ2) is 8.73. The molecule has 158 valence electrons. The van der Waals surface area contributed by atoms with Crippen LogP contribution in [0.1, 0.15) is 31.4 Å². The van der Waals surface area contributed by atoms with E-state index in [4.69, 9.17) is 4.74 Å². The van der Waals surface area contributed by atoms with Crippen LogP contribution in [0, 0.1) is 0 Å². The lowest BCUT2D eigenvalue weighted by Gasteiger charge is -2.28. The Labute approximate surface area is 172 Å². The molecule has 0 unspecified atom stereocenters. The predicted octanol–water partition coefficient (Wildman–Crippen LogP) is 2.98. The molecule has 0 radical (unpaired) electrons. The van der Waals surface area contributed by atoms with E-state index in [1.54, 1.807) is 31.2 Å². The first kappa shape index (κ1) is 21.6. The van der Waals surface area contributed by atoms with Crippen molar-refractivity contribution in [3.8, 4) is 5.75 Å². The predicted molar refractivity (Wildman–Crippen MR) is 113 cm³/mol. The Morgan fingerprint density at radius 2 is 1.72 bits per heavy atom. The molecule has 1 aliphatic heterocycles. The summed E-state index contributed by atoms with van der Waals surface area (Å²) in [5.41, 5.74) is 2.26. The van der Waals surface area contributed by atoms with E-state index in [9.17, 15) is 16.8 Å². The third-order valence-corrected chi connectivity index (χ3v) is 8.03. The van der Waals surface area contributed by atoms with Gasteiger partial charge in [-0.15, -0.1) is 0 Å². The van der Waals surface area contributed by atoms with Crippen LogP contribution in [0.25, 0.3) is 0 Å². The van der Waals surface area contributed by atoms with Gasteiger partial charge >= 0.3 is 0 Å². The number of rotatable bonds is 8. The fourth-order valence-corrected chi connectivity index (χ4v) is 5.28. The second-order valence-electron chi connectivity index (χ2n) is 6.89. The van der Waals surface area contributed by atoms with Gasteiger partial charge in [0.15, 0.2) is 0 Å². The minimum Gasteiger partial charge on any atom is -0.494 e. The first-order valence-electron chi connectivity index (χ1n) is 9.60. The summed E-state index contributed by atoms with van der Waals surface area (Å²) in [5, 5.41) is 0. The maximum Gasteiger partial charge on any atom is 0.261 e. The largest absolute Gasteiger partial charge is 0.494 e. The van der Waals surface area contributed by atoms with Crippen molar-refractivity contribution in [3.05, 3.63) is 53.6 Å². The molecule has 0 atom stereocenters. The van der Waals surface area contributed by atoms with Gasteiger partial charge in [-0.05, 0) is 67.3 Å². The molecule has 0 saturated carbocycles. The molecule has 9 heteroatoms. The van der Waals surface area contributed by atoms with Crippen LogP contribution in [0.4, 0.5) is 5.69 Å². The average molecular weight is 439 g/mol. The summed E-state index contributed by atoms with van der Waals surface area (Å²) < 4.78 is 59.2. The van der Waals surface area contributed by atoms with Crippen molar-refractivity contribution >= 4 is 25.7 Å². The molecule has 1 N–H and O–H groups in total. The third kappa shape index (κ3) is 5.09. The van der Waals surface area contributed by atoms with Crippen LogP contribution >= 0.6 is 0 Å². The van der Waals surface area contributed by atoms with Crippen LogP contribution in [0.3, 0.4) is 0 Å². The van der Waals surface area contributed by atoms with Crippen LogP contribution in [-0.2, 0) is 33.0 Å². The van der Waals surface area contributed by atoms with E-state index in [2.05, 4.69) is 4.72 Å². The van der Waals surface area contributed by atoms with Gasteiger partial charge in [0.25, 0.3) is 10.0 Å². The van der Waals surface area contributed by atoms with Crippen LogP contribution in [0.5, 0.6) is 5.75 Å². The number of nitrogens with zero attached hydrogens (tertiary/aromatic N) is 1. The van der Waals surface area contributed by atoms with Gasteiger partial charge in [-0.1, -0.05) is 13.0 Å². The molecule has 2 aromatic rings. The number of nitrogens with one attached hydrogen (secondary N) is 1. The first-order valence-corrected chi connectivity index (χ1v) is 12.7. The molecule has 0 amide bonds. The minimum absolute atomic E-state index is 0.0482. The number of anilines is 1. The van der Waals surface area contributed by atoms with E-state index in [1.807, 2.05) is 13.0 Å². The van der Waals surface area contributed by atoms with E-state index in [-0.39, 0.29) is 17.2 Å². The van der Waals surface area contributed by atoms with Crippen molar-refractivity contribution in [1.29, 1.82) is 0 Å². The maximum absolute atomic E-state index is 12.7. The molecule has 0 bridgehead atoms. The van der Waals surface area contributed by atoms with Crippen LogP contribution in [0.2, 0.25) is 0 Å². The summed E-state index contributed by atoms with van der Waals surface area (Å²) in [6.45, 7) is 4.89. The second-order valence-corrected chi connectivity index (χ2v) is 10.8. The van der Waals surface area contributed by atoms with Crippen molar-refractivity contribution in [2.24, 2.45) is 0 Å². The van der Waals surface area contributed by atoms with Crippen molar-refractivity contribution in [1.82, 2.24) is 4.31 Å². The Balaban J connectivity index is 1.77. The quantitative estimate of drug-likeness (QED) is 0.684. The smallest absolute Gasteiger partial charge is 0.261 e. The summed E-state index contributed by atoms with van der Waals surface area (Å²) in [7, 11) is -7.04. The number of sulfonamides is 2. The van der Waals surface area contributed by atoms with E-state index in [0.717, 1.165) is 17.5 Å². The summed E-state index contributed by atoms with van der Waals surface area (Å²) in [5.74, 6) is 0.670. The monoisotopic (exact) mass is 438 g/mol. The van der Waals surface area contributed by atoms with Gasteiger partial charge in [0.2, 0.25) is 10.0 Å². The van der Waals surface area contributed by atoms with Crippen molar-refractivity contribution in [2.75, 3.05) is 23.6 Å². The molecule has 0 aliphatic carbocycles. The third-order valence-electron chi connectivity index (χ3n) is 4.80.